The summed E-state index contributed by atoms with van der Waals surface area (Å²) in [5.41, 5.74) is 1.91. The topological polar surface area (TPSA) is 30.5 Å². The predicted molar refractivity (Wildman–Crippen MR) is 99.9 cm³/mol. The van der Waals surface area contributed by atoms with Crippen LogP contribution in [0, 0.1) is 11.7 Å². The Morgan fingerprint density at radius 1 is 1.08 bits per heavy atom. The molecule has 2 rings (SSSR count). The summed E-state index contributed by atoms with van der Waals surface area (Å²) in [6.07, 6.45) is 0. The number of nitrogens with one attached hydrogen (secondary N) is 1. The molecule has 0 aliphatic heterocycles. The lowest BCUT2D eigenvalue weighted by molar-refractivity contribution is 0.269. The van der Waals surface area contributed by atoms with Crippen molar-refractivity contribution in [2.45, 2.75) is 33.9 Å². The van der Waals surface area contributed by atoms with Crippen LogP contribution in [-0.2, 0) is 13.2 Å². The molecule has 0 amide bonds. The Bertz CT molecular complexity index is 674. The minimum atomic E-state index is -0.268. The van der Waals surface area contributed by atoms with Gasteiger partial charge >= 0.3 is 0 Å². The van der Waals surface area contributed by atoms with Gasteiger partial charge in [0.1, 0.15) is 12.4 Å². The van der Waals surface area contributed by atoms with Gasteiger partial charge in [-0.3, -0.25) is 0 Å². The predicted octanol–water partition coefficient (Wildman–Crippen LogP) is 5.20. The third kappa shape index (κ3) is 6.22. The summed E-state index contributed by atoms with van der Waals surface area (Å²) in [4.78, 5) is 0. The highest BCUT2D eigenvalue weighted by atomic mass is 35.5. The molecule has 136 valence electrons. The zero-order valence-electron chi connectivity index (χ0n) is 14.9. The van der Waals surface area contributed by atoms with Crippen molar-refractivity contribution in [3.63, 3.8) is 0 Å². The number of benzene rings is 2. The van der Waals surface area contributed by atoms with Crippen molar-refractivity contribution < 1.29 is 13.9 Å². The van der Waals surface area contributed by atoms with E-state index < -0.39 is 0 Å². The number of hydrogen-bond acceptors (Lipinski definition) is 3. The van der Waals surface area contributed by atoms with Crippen molar-refractivity contribution >= 4 is 11.6 Å². The molecule has 2 aromatic carbocycles. The van der Waals surface area contributed by atoms with E-state index >= 15 is 0 Å². The zero-order chi connectivity index (χ0) is 18.2. The summed E-state index contributed by atoms with van der Waals surface area (Å²) < 4.78 is 24.5. The molecule has 25 heavy (non-hydrogen) atoms. The van der Waals surface area contributed by atoms with Crippen LogP contribution in [0.5, 0.6) is 11.5 Å². The van der Waals surface area contributed by atoms with Gasteiger partial charge in [0.15, 0.2) is 11.5 Å². The summed E-state index contributed by atoms with van der Waals surface area (Å²) in [5.74, 6) is 1.45. The average Bonchev–Trinajstić information content (AvgIpc) is 2.55. The van der Waals surface area contributed by atoms with Crippen LogP contribution in [0.3, 0.4) is 0 Å². The molecular weight excluding hydrogens is 341 g/mol. The molecule has 0 fully saturated rings. The maximum Gasteiger partial charge on any atom is 0.180 e. The van der Waals surface area contributed by atoms with E-state index in [9.17, 15) is 4.39 Å². The number of hydrogen-bond donors (Lipinski definition) is 1. The second kappa shape index (κ2) is 9.64. The number of rotatable bonds is 9. The lowest BCUT2D eigenvalue weighted by atomic mass is 10.1. The Morgan fingerprint density at radius 3 is 2.44 bits per heavy atom. The van der Waals surface area contributed by atoms with E-state index in [2.05, 4.69) is 19.2 Å². The monoisotopic (exact) mass is 365 g/mol. The Kier molecular flexibility index (Phi) is 7.53. The normalized spacial score (nSPS) is 11.0. The maximum atomic E-state index is 13.0. The summed E-state index contributed by atoms with van der Waals surface area (Å²) in [5, 5.41) is 3.90. The molecule has 0 saturated carbocycles. The average molecular weight is 366 g/mol. The quantitative estimate of drug-likeness (QED) is 0.662. The first-order chi connectivity index (χ1) is 12.0. The van der Waals surface area contributed by atoms with Crippen LogP contribution in [-0.4, -0.2) is 13.2 Å². The van der Waals surface area contributed by atoms with Crippen LogP contribution in [0.4, 0.5) is 4.39 Å². The third-order valence-corrected chi connectivity index (χ3v) is 3.83. The van der Waals surface area contributed by atoms with E-state index in [0.29, 0.717) is 35.7 Å². The summed E-state index contributed by atoms with van der Waals surface area (Å²) >= 11 is 6.41. The minimum absolute atomic E-state index is 0.268. The maximum absolute atomic E-state index is 13.0. The van der Waals surface area contributed by atoms with Crippen molar-refractivity contribution in [2.24, 2.45) is 5.92 Å². The second-order valence-electron chi connectivity index (χ2n) is 6.28. The third-order valence-electron chi connectivity index (χ3n) is 3.55. The molecule has 0 saturated heterocycles. The molecule has 0 heterocycles. The van der Waals surface area contributed by atoms with Crippen molar-refractivity contribution in [1.82, 2.24) is 5.32 Å². The lowest BCUT2D eigenvalue weighted by Crippen LogP contribution is -2.19. The number of halogens is 2. The fourth-order valence-electron chi connectivity index (χ4n) is 2.37. The highest BCUT2D eigenvalue weighted by molar-refractivity contribution is 6.32. The summed E-state index contributed by atoms with van der Waals surface area (Å²) in [7, 11) is 0. The van der Waals surface area contributed by atoms with Crippen LogP contribution in [0.15, 0.2) is 36.4 Å². The Labute approximate surface area is 154 Å². The highest BCUT2D eigenvalue weighted by Gasteiger charge is 2.13. The standard InChI is InChI=1S/C20H25ClFNO2/c1-4-24-19-10-16(12-23-11-14(2)3)9-18(21)20(19)25-13-15-5-7-17(22)8-6-15/h5-10,14,23H,4,11-13H2,1-3H3. The smallest absolute Gasteiger partial charge is 0.180 e. The Morgan fingerprint density at radius 2 is 1.80 bits per heavy atom. The van der Waals surface area contributed by atoms with Gasteiger partial charge in [0.25, 0.3) is 0 Å². The van der Waals surface area contributed by atoms with Crippen LogP contribution in [0.2, 0.25) is 5.02 Å². The van der Waals surface area contributed by atoms with Gasteiger partial charge in [-0.2, -0.15) is 0 Å². The van der Waals surface area contributed by atoms with Gasteiger partial charge in [0.2, 0.25) is 0 Å². The van der Waals surface area contributed by atoms with Crippen LogP contribution in [0.1, 0.15) is 31.9 Å². The molecule has 0 unspecified atom stereocenters. The van der Waals surface area contributed by atoms with Gasteiger partial charge in [-0.15, -0.1) is 0 Å². The van der Waals surface area contributed by atoms with Gasteiger partial charge in [-0.25, -0.2) is 4.39 Å². The van der Waals surface area contributed by atoms with Crippen molar-refractivity contribution in [2.75, 3.05) is 13.2 Å². The van der Waals surface area contributed by atoms with E-state index in [0.717, 1.165) is 24.2 Å². The van der Waals surface area contributed by atoms with Crippen LogP contribution < -0.4 is 14.8 Å². The summed E-state index contributed by atoms with van der Waals surface area (Å²) in [6, 6.07) is 10.0. The highest BCUT2D eigenvalue weighted by Crippen LogP contribution is 2.37. The number of ether oxygens (including phenoxy) is 2. The largest absolute Gasteiger partial charge is 0.490 e. The van der Waals surface area contributed by atoms with Gasteiger partial charge in [-0.1, -0.05) is 37.6 Å². The molecule has 1 N–H and O–H groups in total. The van der Waals surface area contributed by atoms with Gasteiger partial charge < -0.3 is 14.8 Å². The van der Waals surface area contributed by atoms with Crippen molar-refractivity contribution in [3.05, 3.63) is 58.4 Å². The Hall–Kier alpha value is -1.78. The minimum Gasteiger partial charge on any atom is -0.490 e. The van der Waals surface area contributed by atoms with E-state index in [4.69, 9.17) is 21.1 Å². The van der Waals surface area contributed by atoms with Gasteiger partial charge in [0, 0.05) is 6.54 Å². The SMILES string of the molecule is CCOc1cc(CNCC(C)C)cc(Cl)c1OCc1ccc(F)cc1. The molecule has 0 radical (unpaired) electrons. The van der Waals surface area contributed by atoms with E-state index in [1.807, 2.05) is 19.1 Å². The van der Waals surface area contributed by atoms with Crippen LogP contribution in [0.25, 0.3) is 0 Å². The molecule has 0 atom stereocenters. The molecule has 2 aromatic rings. The summed E-state index contributed by atoms with van der Waals surface area (Å²) in [6.45, 7) is 8.72. The first-order valence-electron chi connectivity index (χ1n) is 8.52. The molecule has 0 spiro atoms. The van der Waals surface area contributed by atoms with E-state index in [1.165, 1.54) is 12.1 Å². The van der Waals surface area contributed by atoms with Crippen LogP contribution >= 0.6 is 11.6 Å². The molecule has 0 aromatic heterocycles. The van der Waals surface area contributed by atoms with Gasteiger partial charge in [-0.05, 0) is 54.8 Å². The van der Waals surface area contributed by atoms with E-state index in [1.54, 1.807) is 12.1 Å². The molecular formula is C20H25ClFNO2. The molecule has 5 heteroatoms. The molecule has 3 nitrogen and oxygen atoms in total. The van der Waals surface area contributed by atoms with Crippen molar-refractivity contribution in [3.8, 4) is 11.5 Å². The molecule has 0 aliphatic carbocycles. The first-order valence-corrected chi connectivity index (χ1v) is 8.90. The Balaban J connectivity index is 2.11. The van der Waals surface area contributed by atoms with Crippen molar-refractivity contribution in [1.29, 1.82) is 0 Å². The van der Waals surface area contributed by atoms with Gasteiger partial charge in [0.05, 0.1) is 11.6 Å². The molecule has 0 aliphatic rings. The lowest BCUT2D eigenvalue weighted by Gasteiger charge is -2.16. The fourth-order valence-corrected chi connectivity index (χ4v) is 2.66. The zero-order valence-corrected chi connectivity index (χ0v) is 15.7. The van der Waals surface area contributed by atoms with E-state index in [-0.39, 0.29) is 5.82 Å². The second-order valence-corrected chi connectivity index (χ2v) is 6.69. The fraction of sp³-hybridized carbons (Fsp3) is 0.400. The first kappa shape index (κ1) is 19.5. The molecule has 0 bridgehead atoms.